The molecule has 0 unspecified atom stereocenters. The van der Waals surface area contributed by atoms with Gasteiger partial charge in [-0.25, -0.2) is 4.39 Å². The second-order valence-electron chi connectivity index (χ2n) is 3.96. The lowest BCUT2D eigenvalue weighted by Gasteiger charge is -2.25. The Kier molecular flexibility index (Phi) is 4.61. The van der Waals surface area contributed by atoms with E-state index in [1.807, 2.05) is 12.1 Å². The van der Waals surface area contributed by atoms with E-state index in [1.54, 1.807) is 17.4 Å². The quantitative estimate of drug-likeness (QED) is 0.722. The number of alkyl halides is 1. The highest BCUT2D eigenvalue weighted by Crippen LogP contribution is 2.27. The molecule has 0 N–H and O–H groups in total. The smallest absolute Gasteiger partial charge is 0.129 e. The van der Waals surface area contributed by atoms with E-state index in [9.17, 15) is 4.39 Å². The van der Waals surface area contributed by atoms with E-state index in [1.165, 1.54) is 10.9 Å². The van der Waals surface area contributed by atoms with E-state index in [0.717, 1.165) is 18.8 Å². The highest BCUT2D eigenvalue weighted by atomic mass is 35.5. The summed E-state index contributed by atoms with van der Waals surface area (Å²) in [6.07, 6.45) is 0. The van der Waals surface area contributed by atoms with E-state index in [2.05, 4.69) is 23.3 Å². The zero-order valence-electron chi connectivity index (χ0n) is 10.2. The van der Waals surface area contributed by atoms with E-state index in [-0.39, 0.29) is 11.7 Å². The van der Waals surface area contributed by atoms with Gasteiger partial charge in [-0.3, -0.25) is 0 Å². The third-order valence-electron chi connectivity index (χ3n) is 2.88. The Hall–Kier alpha value is -1.06. The summed E-state index contributed by atoms with van der Waals surface area (Å²) in [5.74, 6) is -0.0321. The van der Waals surface area contributed by atoms with Gasteiger partial charge in [0.1, 0.15) is 5.82 Å². The zero-order valence-corrected chi connectivity index (χ0v) is 11.8. The molecule has 0 amide bonds. The van der Waals surface area contributed by atoms with Crippen LogP contribution in [-0.2, 0) is 12.4 Å². The summed E-state index contributed by atoms with van der Waals surface area (Å²) in [7, 11) is 0. The Balaban J connectivity index is 2.30. The van der Waals surface area contributed by atoms with Crippen LogP contribution in [0.15, 0.2) is 35.7 Å². The number of benzene rings is 1. The molecular weight excluding hydrogens is 269 g/mol. The molecule has 0 radical (unpaired) electrons. The number of thiophene rings is 1. The van der Waals surface area contributed by atoms with E-state index in [0.29, 0.717) is 5.56 Å². The summed E-state index contributed by atoms with van der Waals surface area (Å²) < 4.78 is 13.7. The number of hydrogen-bond donors (Lipinski definition) is 0. The number of anilines is 1. The minimum atomic E-state index is -0.230. The third kappa shape index (κ3) is 2.85. The van der Waals surface area contributed by atoms with Crippen molar-refractivity contribution in [2.24, 2.45) is 0 Å². The average molecular weight is 284 g/mol. The van der Waals surface area contributed by atoms with Crippen molar-refractivity contribution in [1.29, 1.82) is 0 Å². The SMILES string of the molecule is CCN(Cc1cccs1)c1cccc(F)c1CCl. The van der Waals surface area contributed by atoms with Crippen molar-refractivity contribution in [3.05, 3.63) is 52.0 Å². The largest absolute Gasteiger partial charge is 0.366 e. The van der Waals surface area contributed by atoms with Crippen molar-refractivity contribution in [2.75, 3.05) is 11.4 Å². The van der Waals surface area contributed by atoms with Gasteiger partial charge >= 0.3 is 0 Å². The molecule has 0 fully saturated rings. The molecule has 18 heavy (non-hydrogen) atoms. The normalized spacial score (nSPS) is 10.6. The Morgan fingerprint density at radius 3 is 2.72 bits per heavy atom. The lowest BCUT2D eigenvalue weighted by molar-refractivity contribution is 0.615. The zero-order chi connectivity index (χ0) is 13.0. The van der Waals surface area contributed by atoms with Gasteiger partial charge in [-0.2, -0.15) is 0 Å². The number of halogens is 2. The monoisotopic (exact) mass is 283 g/mol. The van der Waals surface area contributed by atoms with Crippen LogP contribution in [0.25, 0.3) is 0 Å². The standard InChI is InChI=1S/C14H15ClFNS/c1-2-17(10-11-5-4-8-18-11)14-7-3-6-13(16)12(14)9-15/h3-8H,2,9-10H2,1H3. The van der Waals surface area contributed by atoms with Gasteiger partial charge in [-0.1, -0.05) is 12.1 Å². The number of hydrogen-bond acceptors (Lipinski definition) is 2. The van der Waals surface area contributed by atoms with Crippen molar-refractivity contribution in [1.82, 2.24) is 0 Å². The lowest BCUT2D eigenvalue weighted by Crippen LogP contribution is -2.23. The molecule has 1 aromatic carbocycles. The fourth-order valence-electron chi connectivity index (χ4n) is 1.93. The fraction of sp³-hybridized carbons (Fsp3) is 0.286. The molecule has 0 bridgehead atoms. The topological polar surface area (TPSA) is 3.24 Å². The van der Waals surface area contributed by atoms with Crippen LogP contribution < -0.4 is 4.90 Å². The van der Waals surface area contributed by atoms with Crippen molar-refractivity contribution < 1.29 is 4.39 Å². The second-order valence-corrected chi connectivity index (χ2v) is 5.26. The summed E-state index contributed by atoms with van der Waals surface area (Å²) in [4.78, 5) is 3.41. The van der Waals surface area contributed by atoms with Crippen LogP contribution in [0, 0.1) is 5.82 Å². The minimum absolute atomic E-state index is 0.197. The molecule has 0 saturated heterocycles. The van der Waals surface area contributed by atoms with Crippen LogP contribution in [-0.4, -0.2) is 6.54 Å². The summed E-state index contributed by atoms with van der Waals surface area (Å²) >= 11 is 7.57. The lowest BCUT2D eigenvalue weighted by atomic mass is 10.1. The van der Waals surface area contributed by atoms with Gasteiger partial charge in [0.15, 0.2) is 0 Å². The van der Waals surface area contributed by atoms with Crippen molar-refractivity contribution >= 4 is 28.6 Å². The fourth-order valence-corrected chi connectivity index (χ4v) is 2.92. The maximum absolute atomic E-state index is 13.7. The number of nitrogens with zero attached hydrogens (tertiary/aromatic N) is 1. The van der Waals surface area contributed by atoms with Crippen LogP contribution in [0.3, 0.4) is 0 Å². The summed E-state index contributed by atoms with van der Waals surface area (Å²) in [5.41, 5.74) is 1.47. The molecule has 2 aromatic rings. The number of rotatable bonds is 5. The first-order valence-electron chi connectivity index (χ1n) is 5.87. The van der Waals surface area contributed by atoms with Crippen molar-refractivity contribution in [3.8, 4) is 0 Å². The molecular formula is C14H15ClFNS. The van der Waals surface area contributed by atoms with Crippen LogP contribution in [0.2, 0.25) is 0 Å². The highest BCUT2D eigenvalue weighted by Gasteiger charge is 2.13. The molecule has 0 aliphatic rings. The van der Waals surface area contributed by atoms with Gasteiger partial charge in [0.25, 0.3) is 0 Å². The Bertz CT molecular complexity index is 499. The maximum atomic E-state index is 13.7. The van der Waals surface area contributed by atoms with Gasteiger partial charge < -0.3 is 4.90 Å². The van der Waals surface area contributed by atoms with E-state index in [4.69, 9.17) is 11.6 Å². The van der Waals surface area contributed by atoms with Gasteiger partial charge in [-0.15, -0.1) is 22.9 Å². The Morgan fingerprint density at radius 2 is 2.11 bits per heavy atom. The summed E-state index contributed by atoms with van der Waals surface area (Å²) in [6, 6.07) is 9.24. The van der Waals surface area contributed by atoms with Gasteiger partial charge in [0, 0.05) is 22.7 Å². The highest BCUT2D eigenvalue weighted by molar-refractivity contribution is 7.09. The maximum Gasteiger partial charge on any atom is 0.129 e. The molecule has 1 aromatic heterocycles. The first kappa shape index (κ1) is 13.4. The van der Waals surface area contributed by atoms with Gasteiger partial charge in [0.2, 0.25) is 0 Å². The first-order chi connectivity index (χ1) is 8.76. The molecule has 0 aliphatic carbocycles. The molecule has 4 heteroatoms. The molecule has 0 aliphatic heterocycles. The Labute approximate surface area is 116 Å². The minimum Gasteiger partial charge on any atom is -0.366 e. The predicted octanol–water partition coefficient (Wildman–Crippen LogP) is 4.65. The van der Waals surface area contributed by atoms with Crippen LogP contribution in [0.5, 0.6) is 0 Å². The average Bonchev–Trinajstić information content (AvgIpc) is 2.88. The third-order valence-corrected chi connectivity index (χ3v) is 4.01. The first-order valence-corrected chi connectivity index (χ1v) is 7.28. The molecule has 96 valence electrons. The summed E-state index contributed by atoms with van der Waals surface area (Å²) in [6.45, 7) is 3.68. The van der Waals surface area contributed by atoms with Gasteiger partial charge in [-0.05, 0) is 30.5 Å². The van der Waals surface area contributed by atoms with Gasteiger partial charge in [0.05, 0.1) is 12.4 Å². The predicted molar refractivity (Wildman–Crippen MR) is 77.0 cm³/mol. The van der Waals surface area contributed by atoms with E-state index >= 15 is 0 Å². The van der Waals surface area contributed by atoms with Crippen molar-refractivity contribution in [2.45, 2.75) is 19.3 Å². The Morgan fingerprint density at radius 1 is 1.28 bits per heavy atom. The summed E-state index contributed by atoms with van der Waals surface area (Å²) in [5, 5.41) is 2.05. The van der Waals surface area contributed by atoms with E-state index < -0.39 is 0 Å². The van der Waals surface area contributed by atoms with Crippen LogP contribution in [0.1, 0.15) is 17.4 Å². The molecule has 1 nitrogen and oxygen atoms in total. The van der Waals surface area contributed by atoms with Crippen LogP contribution >= 0.6 is 22.9 Å². The molecule has 2 rings (SSSR count). The second kappa shape index (κ2) is 6.21. The molecule has 0 atom stereocenters. The van der Waals surface area contributed by atoms with Crippen molar-refractivity contribution in [3.63, 3.8) is 0 Å². The molecule has 0 saturated carbocycles. The van der Waals surface area contributed by atoms with Crippen LogP contribution in [0.4, 0.5) is 10.1 Å². The molecule has 0 spiro atoms. The molecule has 1 heterocycles.